The van der Waals surface area contributed by atoms with E-state index in [4.69, 9.17) is 0 Å². The van der Waals surface area contributed by atoms with Crippen molar-refractivity contribution in [1.29, 1.82) is 0 Å². The van der Waals surface area contributed by atoms with E-state index in [1.54, 1.807) is 0 Å². The molecule has 0 atom stereocenters. The average molecular weight is 369 g/mol. The number of thioether (sulfide) groups is 2. The first kappa shape index (κ1) is 14.5. The fourth-order valence-corrected chi connectivity index (χ4v) is 6.06. The van der Waals surface area contributed by atoms with E-state index in [0.29, 0.717) is 0 Å². The van der Waals surface area contributed by atoms with Crippen molar-refractivity contribution in [2.75, 3.05) is 11.5 Å². The van der Waals surface area contributed by atoms with Crippen molar-refractivity contribution in [2.45, 2.75) is 23.5 Å². The zero-order chi connectivity index (χ0) is 13.8. The van der Waals surface area contributed by atoms with Gasteiger partial charge in [-0.25, -0.2) is 4.98 Å². The number of benzene rings is 1. The van der Waals surface area contributed by atoms with E-state index in [9.17, 15) is 0 Å². The van der Waals surface area contributed by atoms with E-state index < -0.39 is 0 Å². The second-order valence-corrected chi connectivity index (χ2v) is 9.13. The van der Waals surface area contributed by atoms with Gasteiger partial charge in [0.25, 0.3) is 0 Å². The van der Waals surface area contributed by atoms with Crippen LogP contribution in [0.3, 0.4) is 0 Å². The third-order valence-electron chi connectivity index (χ3n) is 3.39. The SMILES string of the molecule is Brc1ccc(CC2(Cn3ccnc3)SCCCS2)cc1. The lowest BCUT2D eigenvalue weighted by Crippen LogP contribution is -2.32. The molecular weight excluding hydrogens is 352 g/mol. The molecule has 0 unspecified atom stereocenters. The first-order valence-electron chi connectivity index (χ1n) is 6.74. The van der Waals surface area contributed by atoms with Crippen molar-refractivity contribution >= 4 is 39.5 Å². The Bertz CT molecular complexity index is 534. The number of nitrogens with zero attached hydrogens (tertiary/aromatic N) is 2. The lowest BCUT2D eigenvalue weighted by Gasteiger charge is -2.36. The molecule has 0 radical (unpaired) electrons. The van der Waals surface area contributed by atoms with E-state index in [1.807, 2.05) is 12.5 Å². The van der Waals surface area contributed by atoms with Crippen LogP contribution in [0.4, 0.5) is 0 Å². The number of hydrogen-bond donors (Lipinski definition) is 0. The predicted molar refractivity (Wildman–Crippen MR) is 92.3 cm³/mol. The molecule has 1 aliphatic rings. The molecule has 5 heteroatoms. The Labute approximate surface area is 136 Å². The van der Waals surface area contributed by atoms with Crippen molar-refractivity contribution in [3.63, 3.8) is 0 Å². The molecule has 1 aromatic carbocycles. The fourth-order valence-electron chi connectivity index (χ4n) is 2.44. The lowest BCUT2D eigenvalue weighted by atomic mass is 10.1. The van der Waals surface area contributed by atoms with Crippen molar-refractivity contribution in [3.8, 4) is 0 Å². The van der Waals surface area contributed by atoms with Crippen molar-refractivity contribution < 1.29 is 0 Å². The molecule has 106 valence electrons. The van der Waals surface area contributed by atoms with Gasteiger partial charge in [0.15, 0.2) is 0 Å². The highest BCUT2D eigenvalue weighted by molar-refractivity contribution is 9.10. The Hall–Kier alpha value is -0.390. The zero-order valence-corrected chi connectivity index (χ0v) is 14.4. The number of halogens is 1. The van der Waals surface area contributed by atoms with Crippen LogP contribution >= 0.6 is 39.5 Å². The maximum Gasteiger partial charge on any atom is 0.0946 e. The predicted octanol–water partition coefficient (Wildman–Crippen LogP) is 4.45. The molecule has 2 nitrogen and oxygen atoms in total. The Morgan fingerprint density at radius 3 is 2.60 bits per heavy atom. The quantitative estimate of drug-likeness (QED) is 0.793. The number of hydrogen-bond acceptors (Lipinski definition) is 3. The monoisotopic (exact) mass is 368 g/mol. The maximum absolute atomic E-state index is 4.18. The standard InChI is InChI=1S/C15H17BrN2S2/c16-14-4-2-13(3-5-14)10-15(19-8-1-9-20-15)11-18-7-6-17-12-18/h2-7,12H,1,8-11H2. The summed E-state index contributed by atoms with van der Waals surface area (Å²) in [5.74, 6) is 2.52. The number of rotatable bonds is 4. The molecule has 0 amide bonds. The molecule has 0 N–H and O–H groups in total. The lowest BCUT2D eigenvalue weighted by molar-refractivity contribution is 0.618. The minimum absolute atomic E-state index is 0.243. The molecule has 2 heterocycles. The summed E-state index contributed by atoms with van der Waals surface area (Å²) in [4.78, 5) is 4.18. The van der Waals surface area contributed by atoms with E-state index in [2.05, 4.69) is 79.5 Å². The minimum atomic E-state index is 0.243. The van der Waals surface area contributed by atoms with E-state index in [0.717, 1.165) is 17.4 Å². The Kier molecular flexibility index (Phi) is 4.79. The summed E-state index contributed by atoms with van der Waals surface area (Å²) < 4.78 is 3.60. The normalized spacial score (nSPS) is 18.1. The average Bonchev–Trinajstić information content (AvgIpc) is 2.95. The van der Waals surface area contributed by atoms with Gasteiger partial charge < -0.3 is 4.57 Å². The molecule has 20 heavy (non-hydrogen) atoms. The molecule has 1 fully saturated rings. The van der Waals surface area contributed by atoms with Crippen molar-refractivity contribution in [3.05, 3.63) is 53.0 Å². The number of imidazole rings is 1. The van der Waals surface area contributed by atoms with Crippen molar-refractivity contribution in [1.82, 2.24) is 9.55 Å². The van der Waals surface area contributed by atoms with E-state index in [-0.39, 0.29) is 4.08 Å². The summed E-state index contributed by atoms with van der Waals surface area (Å²) in [7, 11) is 0. The molecule has 0 saturated carbocycles. The van der Waals surface area contributed by atoms with E-state index >= 15 is 0 Å². The third kappa shape index (κ3) is 3.62. The van der Waals surface area contributed by atoms with Crippen LogP contribution in [-0.2, 0) is 13.0 Å². The van der Waals surface area contributed by atoms with Gasteiger partial charge in [-0.2, -0.15) is 0 Å². The molecule has 0 aliphatic carbocycles. The summed E-state index contributed by atoms with van der Waals surface area (Å²) in [5.41, 5.74) is 1.41. The maximum atomic E-state index is 4.18. The molecule has 0 bridgehead atoms. The summed E-state index contributed by atoms with van der Waals surface area (Å²) in [5, 5.41) is 0. The van der Waals surface area contributed by atoms with Gasteiger partial charge in [-0.3, -0.25) is 0 Å². The van der Waals surface area contributed by atoms with Crippen LogP contribution in [0.2, 0.25) is 0 Å². The molecular formula is C15H17BrN2S2. The Morgan fingerprint density at radius 2 is 1.95 bits per heavy atom. The highest BCUT2D eigenvalue weighted by Gasteiger charge is 2.34. The van der Waals surface area contributed by atoms with Gasteiger partial charge in [0, 0.05) is 23.4 Å². The highest BCUT2D eigenvalue weighted by atomic mass is 79.9. The molecule has 1 aromatic heterocycles. The van der Waals surface area contributed by atoms with Crippen LogP contribution < -0.4 is 0 Å². The van der Waals surface area contributed by atoms with Crippen LogP contribution in [0.5, 0.6) is 0 Å². The van der Waals surface area contributed by atoms with Crippen LogP contribution in [0.25, 0.3) is 0 Å². The minimum Gasteiger partial charge on any atom is -0.335 e. The van der Waals surface area contributed by atoms with Gasteiger partial charge in [-0.15, -0.1) is 23.5 Å². The highest BCUT2D eigenvalue weighted by Crippen LogP contribution is 2.45. The molecule has 2 aromatic rings. The second kappa shape index (κ2) is 6.58. The summed E-state index contributed by atoms with van der Waals surface area (Å²) in [6.07, 6.45) is 8.29. The first-order valence-corrected chi connectivity index (χ1v) is 9.50. The van der Waals surface area contributed by atoms with Crippen LogP contribution in [0.15, 0.2) is 47.5 Å². The van der Waals surface area contributed by atoms with Gasteiger partial charge >= 0.3 is 0 Å². The van der Waals surface area contributed by atoms with Crippen LogP contribution in [0.1, 0.15) is 12.0 Å². The van der Waals surface area contributed by atoms with Crippen LogP contribution in [0, 0.1) is 0 Å². The van der Waals surface area contributed by atoms with Gasteiger partial charge in [-0.05, 0) is 42.0 Å². The van der Waals surface area contributed by atoms with Gasteiger partial charge in [0.1, 0.15) is 0 Å². The van der Waals surface area contributed by atoms with E-state index in [1.165, 1.54) is 23.5 Å². The van der Waals surface area contributed by atoms with Crippen molar-refractivity contribution in [2.24, 2.45) is 0 Å². The van der Waals surface area contributed by atoms with Gasteiger partial charge in [0.05, 0.1) is 10.4 Å². The number of aromatic nitrogens is 2. The summed E-state index contributed by atoms with van der Waals surface area (Å²) in [6, 6.07) is 8.74. The van der Waals surface area contributed by atoms with Gasteiger partial charge in [0.2, 0.25) is 0 Å². The Morgan fingerprint density at radius 1 is 1.20 bits per heavy atom. The zero-order valence-electron chi connectivity index (χ0n) is 11.2. The second-order valence-electron chi connectivity index (χ2n) is 5.00. The fraction of sp³-hybridized carbons (Fsp3) is 0.400. The topological polar surface area (TPSA) is 17.8 Å². The summed E-state index contributed by atoms with van der Waals surface area (Å²) >= 11 is 7.73. The molecule has 1 aliphatic heterocycles. The van der Waals surface area contributed by atoms with Crippen LogP contribution in [-0.4, -0.2) is 25.1 Å². The van der Waals surface area contributed by atoms with Gasteiger partial charge in [-0.1, -0.05) is 28.1 Å². The molecule has 0 spiro atoms. The first-order chi connectivity index (χ1) is 9.76. The Balaban J connectivity index is 1.79. The molecule has 3 rings (SSSR count). The smallest absolute Gasteiger partial charge is 0.0946 e. The molecule has 1 saturated heterocycles. The summed E-state index contributed by atoms with van der Waals surface area (Å²) in [6.45, 7) is 1.03. The largest absolute Gasteiger partial charge is 0.335 e. The third-order valence-corrected chi connectivity index (χ3v) is 7.21.